The molecule has 0 saturated heterocycles. The lowest BCUT2D eigenvalue weighted by atomic mass is 10.2. The normalized spacial score (nSPS) is 13.0. The molecule has 0 fully saturated rings. The van der Waals surface area contributed by atoms with Crippen LogP contribution < -0.4 is 0 Å². The van der Waals surface area contributed by atoms with E-state index in [4.69, 9.17) is 5.11 Å². The molecule has 1 aromatic carbocycles. The van der Waals surface area contributed by atoms with Crippen LogP contribution in [0, 0.1) is 5.82 Å². The van der Waals surface area contributed by atoms with Gasteiger partial charge in [0.2, 0.25) is 10.0 Å². The lowest BCUT2D eigenvalue weighted by molar-refractivity contribution is -0.134. The number of halogens is 5. The molecule has 0 amide bonds. The van der Waals surface area contributed by atoms with Crippen molar-refractivity contribution >= 4 is 26.0 Å². The van der Waals surface area contributed by atoms with Crippen molar-refractivity contribution in [3.05, 3.63) is 28.0 Å². The smallest absolute Gasteiger partial charge is 0.392 e. The van der Waals surface area contributed by atoms with Crippen LogP contribution in [0.2, 0.25) is 0 Å². The molecule has 0 aliphatic rings. The summed E-state index contributed by atoms with van der Waals surface area (Å²) in [5.74, 6) is -1.27. The van der Waals surface area contributed by atoms with E-state index >= 15 is 0 Å². The van der Waals surface area contributed by atoms with Crippen LogP contribution in [0.15, 0.2) is 21.5 Å². The van der Waals surface area contributed by atoms with E-state index in [2.05, 4.69) is 15.9 Å². The number of sulfonamides is 1. The van der Waals surface area contributed by atoms with Gasteiger partial charge >= 0.3 is 6.18 Å². The fourth-order valence-electron chi connectivity index (χ4n) is 1.43. The molecule has 10 heteroatoms. The second-order valence-electron chi connectivity index (χ2n) is 3.91. The molecule has 0 spiro atoms. The standard InChI is InChI=1S/C10H10BrF4NO3S/c1-16(5-10(13,14)15)20(18,19)8-3-7(11)2-6(4-17)9(8)12/h2-3,17H,4-5H2,1H3. The topological polar surface area (TPSA) is 57.6 Å². The van der Waals surface area contributed by atoms with E-state index in [1.165, 1.54) is 0 Å². The maximum atomic E-state index is 13.9. The third-order valence-corrected chi connectivity index (χ3v) is 4.60. The first-order valence-electron chi connectivity index (χ1n) is 5.11. The van der Waals surface area contributed by atoms with Crippen molar-refractivity contribution in [1.82, 2.24) is 4.31 Å². The molecule has 114 valence electrons. The maximum Gasteiger partial charge on any atom is 0.402 e. The molecular weight excluding hydrogens is 370 g/mol. The Morgan fingerprint density at radius 3 is 2.35 bits per heavy atom. The van der Waals surface area contributed by atoms with Crippen molar-refractivity contribution in [2.45, 2.75) is 17.7 Å². The zero-order valence-electron chi connectivity index (χ0n) is 10.1. The van der Waals surface area contributed by atoms with Gasteiger partial charge in [-0.2, -0.15) is 17.5 Å². The fourth-order valence-corrected chi connectivity index (χ4v) is 3.37. The van der Waals surface area contributed by atoms with E-state index in [1.54, 1.807) is 0 Å². The molecule has 0 aliphatic carbocycles. The first-order chi connectivity index (χ1) is 8.99. The average molecular weight is 380 g/mol. The SMILES string of the molecule is CN(CC(F)(F)F)S(=O)(=O)c1cc(Br)cc(CO)c1F. The number of rotatable bonds is 4. The highest BCUT2D eigenvalue weighted by atomic mass is 79.9. The number of aliphatic hydroxyl groups is 1. The molecule has 4 nitrogen and oxygen atoms in total. The van der Waals surface area contributed by atoms with Crippen LogP contribution in [0.5, 0.6) is 0 Å². The van der Waals surface area contributed by atoms with Crippen LogP contribution in [0.1, 0.15) is 5.56 Å². The fraction of sp³-hybridized carbons (Fsp3) is 0.400. The van der Waals surface area contributed by atoms with Crippen molar-refractivity contribution in [2.24, 2.45) is 0 Å². The third-order valence-electron chi connectivity index (χ3n) is 2.34. The van der Waals surface area contributed by atoms with Crippen molar-refractivity contribution in [2.75, 3.05) is 13.6 Å². The molecule has 0 bridgehead atoms. The minimum Gasteiger partial charge on any atom is -0.392 e. The van der Waals surface area contributed by atoms with E-state index in [0.29, 0.717) is 7.05 Å². The monoisotopic (exact) mass is 379 g/mol. The summed E-state index contributed by atoms with van der Waals surface area (Å²) in [5, 5.41) is 8.91. The van der Waals surface area contributed by atoms with Gasteiger partial charge in [-0.3, -0.25) is 0 Å². The number of hydrogen-bond acceptors (Lipinski definition) is 3. The highest BCUT2D eigenvalue weighted by Crippen LogP contribution is 2.27. The van der Waals surface area contributed by atoms with Crippen LogP contribution >= 0.6 is 15.9 Å². The molecule has 0 atom stereocenters. The number of alkyl halides is 3. The minimum absolute atomic E-state index is 0.000985. The summed E-state index contributed by atoms with van der Waals surface area (Å²) >= 11 is 2.91. The number of benzene rings is 1. The second-order valence-corrected chi connectivity index (χ2v) is 6.84. The van der Waals surface area contributed by atoms with E-state index in [-0.39, 0.29) is 14.3 Å². The van der Waals surface area contributed by atoms with Gasteiger partial charge < -0.3 is 5.11 Å². The largest absolute Gasteiger partial charge is 0.402 e. The summed E-state index contributed by atoms with van der Waals surface area (Å²) in [4.78, 5) is -0.928. The molecule has 1 N–H and O–H groups in total. The van der Waals surface area contributed by atoms with E-state index < -0.39 is 40.1 Å². The van der Waals surface area contributed by atoms with Crippen molar-refractivity contribution in [3.8, 4) is 0 Å². The Hall–Kier alpha value is -0.710. The number of aliphatic hydroxyl groups excluding tert-OH is 1. The Balaban J connectivity index is 3.32. The van der Waals surface area contributed by atoms with Crippen LogP contribution in [-0.4, -0.2) is 37.6 Å². The van der Waals surface area contributed by atoms with Crippen molar-refractivity contribution in [3.63, 3.8) is 0 Å². The van der Waals surface area contributed by atoms with Gasteiger partial charge in [0, 0.05) is 17.1 Å². The van der Waals surface area contributed by atoms with E-state index in [0.717, 1.165) is 12.1 Å². The zero-order chi connectivity index (χ0) is 15.7. The number of nitrogens with zero attached hydrogens (tertiary/aromatic N) is 1. The summed E-state index contributed by atoms with van der Waals surface area (Å²) in [6.07, 6.45) is -4.75. The van der Waals surface area contributed by atoms with Crippen LogP contribution in [0.25, 0.3) is 0 Å². The average Bonchev–Trinajstić information content (AvgIpc) is 2.29. The van der Waals surface area contributed by atoms with Gasteiger partial charge in [0.05, 0.1) is 6.61 Å². The van der Waals surface area contributed by atoms with Gasteiger partial charge in [-0.05, 0) is 12.1 Å². The third kappa shape index (κ3) is 3.90. The molecule has 20 heavy (non-hydrogen) atoms. The van der Waals surface area contributed by atoms with E-state index in [9.17, 15) is 26.0 Å². The first kappa shape index (κ1) is 17.3. The minimum atomic E-state index is -4.75. The molecule has 0 unspecified atom stereocenters. The van der Waals surface area contributed by atoms with Crippen molar-refractivity contribution in [1.29, 1.82) is 0 Å². The van der Waals surface area contributed by atoms with Crippen LogP contribution in [-0.2, 0) is 16.6 Å². The van der Waals surface area contributed by atoms with E-state index in [1.807, 2.05) is 0 Å². The van der Waals surface area contributed by atoms with Gasteiger partial charge in [0.25, 0.3) is 0 Å². The molecule has 0 saturated carbocycles. The Morgan fingerprint density at radius 2 is 1.90 bits per heavy atom. The molecule has 0 aliphatic heterocycles. The Labute approximate surface area is 121 Å². The highest BCUT2D eigenvalue weighted by Gasteiger charge is 2.36. The Kier molecular flexibility index (Phi) is 5.17. The van der Waals surface area contributed by atoms with Gasteiger partial charge in [0.1, 0.15) is 17.3 Å². The predicted octanol–water partition coefficient (Wildman–Crippen LogP) is 2.26. The van der Waals surface area contributed by atoms with Crippen LogP contribution in [0.4, 0.5) is 17.6 Å². The molecule has 0 heterocycles. The molecular formula is C10H10BrF4NO3S. The van der Waals surface area contributed by atoms with Crippen LogP contribution in [0.3, 0.4) is 0 Å². The number of hydrogen-bond donors (Lipinski definition) is 1. The zero-order valence-corrected chi connectivity index (χ0v) is 12.5. The summed E-state index contributed by atoms with van der Waals surface area (Å²) in [6.45, 7) is -2.52. The summed E-state index contributed by atoms with van der Waals surface area (Å²) < 4.78 is 74.6. The summed E-state index contributed by atoms with van der Waals surface area (Å²) in [6, 6.07) is 1.98. The van der Waals surface area contributed by atoms with Crippen molar-refractivity contribution < 1.29 is 31.1 Å². The molecule has 0 aromatic heterocycles. The lowest BCUT2D eigenvalue weighted by Crippen LogP contribution is -2.36. The highest BCUT2D eigenvalue weighted by molar-refractivity contribution is 9.10. The quantitative estimate of drug-likeness (QED) is 0.816. The predicted molar refractivity (Wildman–Crippen MR) is 65.9 cm³/mol. The first-order valence-corrected chi connectivity index (χ1v) is 7.34. The maximum absolute atomic E-state index is 13.9. The Bertz CT molecular complexity index is 603. The Morgan fingerprint density at radius 1 is 1.35 bits per heavy atom. The summed E-state index contributed by atoms with van der Waals surface area (Å²) in [5.41, 5.74) is -0.335. The van der Waals surface area contributed by atoms with Gasteiger partial charge in [-0.25, -0.2) is 12.8 Å². The molecule has 1 aromatic rings. The molecule has 0 radical (unpaired) electrons. The second kappa shape index (κ2) is 5.96. The lowest BCUT2D eigenvalue weighted by Gasteiger charge is -2.19. The summed E-state index contributed by atoms with van der Waals surface area (Å²) in [7, 11) is -3.96. The molecule has 1 rings (SSSR count). The van der Waals surface area contributed by atoms with Gasteiger partial charge in [-0.1, -0.05) is 15.9 Å². The van der Waals surface area contributed by atoms with Gasteiger partial charge in [-0.15, -0.1) is 0 Å². The van der Waals surface area contributed by atoms with Gasteiger partial charge in [0.15, 0.2) is 0 Å².